The number of carbonyl (C=O) groups excluding carboxylic acids is 1. The Morgan fingerprint density at radius 2 is 2.18 bits per heavy atom. The molecule has 0 spiro atoms. The summed E-state index contributed by atoms with van der Waals surface area (Å²) in [6.07, 6.45) is 2.18. The van der Waals surface area contributed by atoms with Crippen molar-refractivity contribution in [2.24, 2.45) is 5.92 Å². The van der Waals surface area contributed by atoms with Crippen LogP contribution in [0.1, 0.15) is 12.8 Å². The largest absolute Gasteiger partial charge is 0.355 e. The van der Waals surface area contributed by atoms with Gasteiger partial charge in [-0.25, -0.2) is 0 Å². The summed E-state index contributed by atoms with van der Waals surface area (Å²) in [6, 6.07) is 0. The van der Waals surface area contributed by atoms with E-state index in [1.165, 1.54) is 0 Å². The molecule has 1 aliphatic carbocycles. The summed E-state index contributed by atoms with van der Waals surface area (Å²) in [5.74, 6) is 0.587. The molecule has 64 valence electrons. The van der Waals surface area contributed by atoms with E-state index < -0.39 is 0 Å². The number of nitrogens with one attached hydrogen (secondary N) is 1. The van der Waals surface area contributed by atoms with Crippen LogP contribution in [-0.2, 0) is 4.79 Å². The first-order valence-electron chi connectivity index (χ1n) is 4.12. The third kappa shape index (κ3) is 3.37. The zero-order valence-corrected chi connectivity index (χ0v) is 7.26. The Hall–Kier alpha value is -0.570. The number of likely N-dealkylation sites (N-methyl/N-ethyl adjacent to an activating group) is 1. The highest BCUT2D eigenvalue weighted by atomic mass is 16.2. The lowest BCUT2D eigenvalue weighted by atomic mass is 10.4. The van der Waals surface area contributed by atoms with Gasteiger partial charge in [0.15, 0.2) is 0 Å². The van der Waals surface area contributed by atoms with Crippen molar-refractivity contribution in [3.05, 3.63) is 0 Å². The minimum Gasteiger partial charge on any atom is -0.355 e. The van der Waals surface area contributed by atoms with Crippen molar-refractivity contribution in [3.63, 3.8) is 0 Å². The molecule has 1 N–H and O–H groups in total. The normalized spacial score (nSPS) is 17.0. The van der Waals surface area contributed by atoms with E-state index in [1.54, 1.807) is 0 Å². The molecule has 1 aliphatic rings. The Labute approximate surface area is 67.8 Å². The van der Waals surface area contributed by atoms with Crippen LogP contribution in [0.2, 0.25) is 0 Å². The number of carbonyl (C=O) groups is 1. The maximum atomic E-state index is 11.1. The molecule has 3 heteroatoms. The fraction of sp³-hybridized carbons (Fsp3) is 0.875. The molecule has 0 atom stereocenters. The Morgan fingerprint density at radius 1 is 1.55 bits per heavy atom. The van der Waals surface area contributed by atoms with E-state index >= 15 is 0 Å². The van der Waals surface area contributed by atoms with Crippen LogP contribution in [0.4, 0.5) is 0 Å². The standard InChI is InChI=1S/C8H16N2O/c1-10(2)6-5-9-8(11)7-3-4-7/h7H,3-6H2,1-2H3,(H,9,11). The van der Waals surface area contributed by atoms with Gasteiger partial charge in [0.05, 0.1) is 0 Å². The van der Waals surface area contributed by atoms with Gasteiger partial charge in [0.2, 0.25) is 5.91 Å². The minimum absolute atomic E-state index is 0.242. The predicted octanol–water partition coefficient (Wildman–Crippen LogP) is 0.0742. The monoisotopic (exact) mass is 156 g/mol. The topological polar surface area (TPSA) is 32.3 Å². The number of nitrogens with zero attached hydrogens (tertiary/aromatic N) is 1. The van der Waals surface area contributed by atoms with Crippen LogP contribution >= 0.6 is 0 Å². The molecule has 3 nitrogen and oxygen atoms in total. The molecule has 0 aromatic rings. The van der Waals surface area contributed by atoms with Crippen molar-refractivity contribution >= 4 is 5.91 Å². The van der Waals surface area contributed by atoms with Crippen molar-refractivity contribution in [1.29, 1.82) is 0 Å². The van der Waals surface area contributed by atoms with Gasteiger partial charge in [-0.2, -0.15) is 0 Å². The highest BCUT2D eigenvalue weighted by Crippen LogP contribution is 2.28. The average molecular weight is 156 g/mol. The zero-order chi connectivity index (χ0) is 8.27. The van der Waals surface area contributed by atoms with Crippen LogP contribution in [0.15, 0.2) is 0 Å². The van der Waals surface area contributed by atoms with E-state index in [2.05, 4.69) is 10.2 Å². The van der Waals surface area contributed by atoms with Crippen LogP contribution in [0.3, 0.4) is 0 Å². The van der Waals surface area contributed by atoms with E-state index in [-0.39, 0.29) is 5.91 Å². The summed E-state index contributed by atoms with van der Waals surface area (Å²) >= 11 is 0. The quantitative estimate of drug-likeness (QED) is 0.625. The Kier molecular flexibility index (Phi) is 2.88. The summed E-state index contributed by atoms with van der Waals surface area (Å²) in [6.45, 7) is 1.71. The maximum absolute atomic E-state index is 11.1. The lowest BCUT2D eigenvalue weighted by Crippen LogP contribution is -2.32. The SMILES string of the molecule is CN(C)CCNC(=O)C1CC1. The van der Waals surface area contributed by atoms with Gasteiger partial charge in [-0.15, -0.1) is 0 Å². The van der Waals surface area contributed by atoms with Gasteiger partial charge in [0.1, 0.15) is 0 Å². The fourth-order valence-corrected chi connectivity index (χ4v) is 0.893. The van der Waals surface area contributed by atoms with Crippen molar-refractivity contribution in [2.75, 3.05) is 27.2 Å². The van der Waals surface area contributed by atoms with Gasteiger partial charge in [-0.1, -0.05) is 0 Å². The summed E-state index contributed by atoms with van der Waals surface area (Å²) < 4.78 is 0. The highest BCUT2D eigenvalue weighted by Gasteiger charge is 2.28. The van der Waals surface area contributed by atoms with Crippen LogP contribution in [0, 0.1) is 5.92 Å². The van der Waals surface area contributed by atoms with Crippen molar-refractivity contribution in [1.82, 2.24) is 10.2 Å². The number of rotatable bonds is 4. The smallest absolute Gasteiger partial charge is 0.223 e. The highest BCUT2D eigenvalue weighted by molar-refractivity contribution is 5.80. The second kappa shape index (κ2) is 3.72. The van der Waals surface area contributed by atoms with E-state index in [4.69, 9.17) is 0 Å². The lowest BCUT2D eigenvalue weighted by molar-refractivity contribution is -0.122. The Morgan fingerprint density at radius 3 is 2.64 bits per heavy atom. The molecule has 1 amide bonds. The second-order valence-electron chi connectivity index (χ2n) is 3.37. The van der Waals surface area contributed by atoms with Gasteiger partial charge in [-0.05, 0) is 26.9 Å². The van der Waals surface area contributed by atoms with Gasteiger partial charge in [0.25, 0.3) is 0 Å². The third-order valence-corrected chi connectivity index (χ3v) is 1.81. The third-order valence-electron chi connectivity index (χ3n) is 1.81. The first-order chi connectivity index (χ1) is 5.20. The zero-order valence-electron chi connectivity index (χ0n) is 7.26. The van der Waals surface area contributed by atoms with Gasteiger partial charge in [0, 0.05) is 19.0 Å². The van der Waals surface area contributed by atoms with Crippen LogP contribution < -0.4 is 5.32 Å². The molecule has 1 fully saturated rings. The van der Waals surface area contributed by atoms with Crippen LogP contribution in [0.5, 0.6) is 0 Å². The maximum Gasteiger partial charge on any atom is 0.223 e. The van der Waals surface area contributed by atoms with E-state index in [0.29, 0.717) is 5.92 Å². The Balaban J connectivity index is 1.97. The first-order valence-corrected chi connectivity index (χ1v) is 4.12. The molecular weight excluding hydrogens is 140 g/mol. The minimum atomic E-state index is 0.242. The number of amides is 1. The second-order valence-corrected chi connectivity index (χ2v) is 3.37. The average Bonchev–Trinajstić information content (AvgIpc) is 2.66. The fourth-order valence-electron chi connectivity index (χ4n) is 0.893. The molecule has 11 heavy (non-hydrogen) atoms. The van der Waals surface area contributed by atoms with Crippen molar-refractivity contribution < 1.29 is 4.79 Å². The molecule has 0 aliphatic heterocycles. The van der Waals surface area contributed by atoms with Gasteiger partial charge >= 0.3 is 0 Å². The summed E-state index contributed by atoms with van der Waals surface area (Å²) in [4.78, 5) is 13.1. The van der Waals surface area contributed by atoms with Crippen LogP contribution in [0.25, 0.3) is 0 Å². The van der Waals surface area contributed by atoms with Crippen molar-refractivity contribution in [2.45, 2.75) is 12.8 Å². The van der Waals surface area contributed by atoms with Gasteiger partial charge < -0.3 is 10.2 Å². The summed E-state index contributed by atoms with van der Waals surface area (Å²) in [5, 5.41) is 2.90. The number of hydrogen-bond acceptors (Lipinski definition) is 2. The molecular formula is C8H16N2O. The molecule has 0 radical (unpaired) electrons. The molecule has 0 unspecified atom stereocenters. The molecule has 1 saturated carbocycles. The lowest BCUT2D eigenvalue weighted by Gasteiger charge is -2.09. The molecule has 0 saturated heterocycles. The molecule has 0 aromatic heterocycles. The molecule has 0 heterocycles. The van der Waals surface area contributed by atoms with Crippen LogP contribution in [-0.4, -0.2) is 38.0 Å². The molecule has 0 bridgehead atoms. The summed E-state index contributed by atoms with van der Waals surface area (Å²) in [5.41, 5.74) is 0. The first kappa shape index (κ1) is 8.53. The van der Waals surface area contributed by atoms with E-state index in [0.717, 1.165) is 25.9 Å². The Bertz CT molecular complexity index is 141. The predicted molar refractivity (Wildman–Crippen MR) is 44.3 cm³/mol. The summed E-state index contributed by atoms with van der Waals surface area (Å²) in [7, 11) is 4.01. The van der Waals surface area contributed by atoms with Crippen molar-refractivity contribution in [3.8, 4) is 0 Å². The van der Waals surface area contributed by atoms with E-state index in [1.807, 2.05) is 14.1 Å². The van der Waals surface area contributed by atoms with Gasteiger partial charge in [-0.3, -0.25) is 4.79 Å². The molecule has 0 aromatic carbocycles. The number of hydrogen-bond donors (Lipinski definition) is 1. The molecule has 1 rings (SSSR count). The van der Waals surface area contributed by atoms with E-state index in [9.17, 15) is 4.79 Å².